The van der Waals surface area contributed by atoms with Crippen molar-refractivity contribution < 1.29 is 9.84 Å². The molecule has 3 aromatic carbocycles. The predicted octanol–water partition coefficient (Wildman–Crippen LogP) is 5.20. The highest BCUT2D eigenvalue weighted by molar-refractivity contribution is 9.10. The summed E-state index contributed by atoms with van der Waals surface area (Å²) in [6.07, 6.45) is 0.971. The number of hydrogen-bond donors (Lipinski definition) is 2. The predicted molar refractivity (Wildman–Crippen MR) is 126 cm³/mol. The molecule has 0 aliphatic rings. The fourth-order valence-electron chi connectivity index (χ4n) is 4.07. The molecule has 0 fully saturated rings. The maximum absolute atomic E-state index is 12.0. The maximum Gasteiger partial charge on any atom is 0.216 e. The summed E-state index contributed by atoms with van der Waals surface area (Å²) in [7, 11) is 3.53. The summed E-state index contributed by atoms with van der Waals surface area (Å²) in [5.74, 6) is 0.549. The van der Waals surface area contributed by atoms with E-state index in [0.29, 0.717) is 25.3 Å². The lowest BCUT2D eigenvalue weighted by Crippen LogP contribution is -2.33. The Balaban J connectivity index is 1.85. The van der Waals surface area contributed by atoms with Crippen molar-refractivity contribution in [2.45, 2.75) is 18.4 Å². The van der Waals surface area contributed by atoms with Gasteiger partial charge in [-0.3, -0.25) is 0 Å². The van der Waals surface area contributed by atoms with Gasteiger partial charge in [0, 0.05) is 21.8 Å². The van der Waals surface area contributed by atoms with Crippen LogP contribution in [0.25, 0.3) is 21.7 Å². The van der Waals surface area contributed by atoms with Gasteiger partial charge in [0.15, 0.2) is 0 Å². The second-order valence-electron chi connectivity index (χ2n) is 7.58. The fraction of sp³-hybridized carbons (Fsp3) is 0.240. The highest BCUT2D eigenvalue weighted by atomic mass is 79.9. The molecule has 2 N–H and O–H groups in total. The first-order valence-electron chi connectivity index (χ1n) is 10.0. The molecule has 4 rings (SSSR count). The zero-order valence-corrected chi connectivity index (χ0v) is 18.7. The Morgan fingerprint density at radius 2 is 1.83 bits per heavy atom. The molecular weight excluding hydrogens is 440 g/mol. The van der Waals surface area contributed by atoms with Gasteiger partial charge in [-0.1, -0.05) is 58.4 Å². The van der Waals surface area contributed by atoms with Crippen LogP contribution in [0.5, 0.6) is 5.88 Å². The van der Waals surface area contributed by atoms with Gasteiger partial charge in [-0.25, -0.2) is 4.98 Å². The largest absolute Gasteiger partial charge is 0.481 e. The quantitative estimate of drug-likeness (QED) is 0.394. The number of aromatic nitrogens is 1. The van der Waals surface area contributed by atoms with Crippen molar-refractivity contribution in [2.24, 2.45) is 0 Å². The lowest BCUT2D eigenvalue weighted by atomic mass is 9.82. The van der Waals surface area contributed by atoms with Crippen molar-refractivity contribution >= 4 is 37.6 Å². The summed E-state index contributed by atoms with van der Waals surface area (Å²) >= 11 is 3.54. The van der Waals surface area contributed by atoms with Crippen LogP contribution >= 0.6 is 15.9 Å². The molecule has 4 aromatic rings. The Morgan fingerprint density at radius 3 is 2.63 bits per heavy atom. The van der Waals surface area contributed by atoms with Gasteiger partial charge < -0.3 is 15.2 Å². The molecule has 0 radical (unpaired) electrons. The molecule has 0 saturated heterocycles. The van der Waals surface area contributed by atoms with Gasteiger partial charge in [0.25, 0.3) is 0 Å². The highest BCUT2D eigenvalue weighted by Gasteiger charge is 2.32. The molecule has 30 heavy (non-hydrogen) atoms. The highest BCUT2D eigenvalue weighted by Crippen LogP contribution is 2.37. The summed E-state index contributed by atoms with van der Waals surface area (Å²) in [6, 6.07) is 22.3. The minimum Gasteiger partial charge on any atom is -0.481 e. The third kappa shape index (κ3) is 4.06. The minimum atomic E-state index is -1.07. The van der Waals surface area contributed by atoms with Crippen LogP contribution in [0, 0.1) is 0 Å². The van der Waals surface area contributed by atoms with E-state index in [2.05, 4.69) is 50.5 Å². The van der Waals surface area contributed by atoms with Crippen LogP contribution < -0.4 is 10.1 Å². The van der Waals surface area contributed by atoms with Crippen molar-refractivity contribution in [3.63, 3.8) is 0 Å². The average Bonchev–Trinajstić information content (AvgIpc) is 2.76. The Hall–Kier alpha value is -2.47. The molecule has 1 aromatic heterocycles. The molecular formula is C25H25BrN2O2. The van der Waals surface area contributed by atoms with E-state index >= 15 is 0 Å². The van der Waals surface area contributed by atoms with Gasteiger partial charge in [-0.15, -0.1) is 0 Å². The van der Waals surface area contributed by atoms with Crippen LogP contribution in [0.2, 0.25) is 0 Å². The first-order chi connectivity index (χ1) is 14.5. The topological polar surface area (TPSA) is 54.4 Å². The van der Waals surface area contributed by atoms with Crippen molar-refractivity contribution in [1.82, 2.24) is 10.3 Å². The van der Waals surface area contributed by atoms with E-state index in [-0.39, 0.29) is 0 Å². The standard InChI is InChI=1S/C25H25BrN2O2/c1-27-13-12-25(29,22-9-5-7-17-6-3-4-8-21(17)22)16-19-14-18-15-20(26)10-11-23(18)28-24(19)30-2/h3-11,14-15,27,29H,12-13,16H2,1-2H3/t25-/m1/s1. The van der Waals surface area contributed by atoms with Crippen molar-refractivity contribution in [1.29, 1.82) is 0 Å². The molecule has 4 nitrogen and oxygen atoms in total. The molecule has 0 unspecified atom stereocenters. The second kappa shape index (κ2) is 8.72. The third-order valence-corrected chi connectivity index (χ3v) is 6.07. The number of nitrogens with zero attached hydrogens (tertiary/aromatic N) is 1. The number of pyridine rings is 1. The maximum atomic E-state index is 12.0. The lowest BCUT2D eigenvalue weighted by Gasteiger charge is -2.31. The van der Waals surface area contributed by atoms with Crippen molar-refractivity contribution in [3.05, 3.63) is 82.3 Å². The monoisotopic (exact) mass is 464 g/mol. The fourth-order valence-corrected chi connectivity index (χ4v) is 4.45. The first kappa shape index (κ1) is 20.8. The number of benzene rings is 3. The minimum absolute atomic E-state index is 0.404. The molecule has 0 spiro atoms. The van der Waals surface area contributed by atoms with E-state index in [0.717, 1.165) is 37.3 Å². The molecule has 0 saturated carbocycles. The summed E-state index contributed by atoms with van der Waals surface area (Å²) in [4.78, 5) is 4.69. The molecule has 5 heteroatoms. The van der Waals surface area contributed by atoms with Crippen LogP contribution in [-0.4, -0.2) is 30.8 Å². The van der Waals surface area contributed by atoms with Crippen molar-refractivity contribution in [2.75, 3.05) is 20.7 Å². The number of ether oxygens (including phenoxy) is 1. The van der Waals surface area contributed by atoms with Crippen LogP contribution in [0.3, 0.4) is 0 Å². The summed E-state index contributed by atoms with van der Waals surface area (Å²) in [6.45, 7) is 0.689. The van der Waals surface area contributed by atoms with E-state index in [1.54, 1.807) is 7.11 Å². The number of aliphatic hydroxyl groups is 1. The second-order valence-corrected chi connectivity index (χ2v) is 8.50. The smallest absolute Gasteiger partial charge is 0.216 e. The Kier molecular flexibility index (Phi) is 6.04. The molecule has 154 valence electrons. The lowest BCUT2D eigenvalue weighted by molar-refractivity contribution is 0.0293. The van der Waals surface area contributed by atoms with E-state index in [1.165, 1.54) is 0 Å². The average molecular weight is 465 g/mol. The van der Waals surface area contributed by atoms with E-state index in [1.807, 2.05) is 49.5 Å². The number of methoxy groups -OCH3 is 1. The summed E-state index contributed by atoms with van der Waals surface area (Å²) in [5.41, 5.74) is 1.60. The first-order valence-corrected chi connectivity index (χ1v) is 10.8. The number of hydrogen-bond acceptors (Lipinski definition) is 4. The molecule has 0 amide bonds. The molecule has 0 bridgehead atoms. The Labute approximate surface area is 185 Å². The van der Waals surface area contributed by atoms with Gasteiger partial charge in [0.05, 0.1) is 18.2 Å². The molecule has 1 atom stereocenters. The van der Waals surface area contributed by atoms with Crippen LogP contribution in [-0.2, 0) is 12.0 Å². The molecule has 0 aliphatic carbocycles. The van der Waals surface area contributed by atoms with Gasteiger partial charge >= 0.3 is 0 Å². The van der Waals surface area contributed by atoms with E-state index < -0.39 is 5.60 Å². The van der Waals surface area contributed by atoms with Gasteiger partial charge in [-0.05, 0) is 60.6 Å². The van der Waals surface area contributed by atoms with Crippen molar-refractivity contribution in [3.8, 4) is 5.88 Å². The normalized spacial score (nSPS) is 13.5. The van der Waals surface area contributed by atoms with Gasteiger partial charge in [0.2, 0.25) is 5.88 Å². The zero-order chi connectivity index (χ0) is 21.1. The number of fused-ring (bicyclic) bond motifs is 2. The van der Waals surface area contributed by atoms with Crippen LogP contribution in [0.4, 0.5) is 0 Å². The van der Waals surface area contributed by atoms with Gasteiger partial charge in [-0.2, -0.15) is 0 Å². The third-order valence-electron chi connectivity index (χ3n) is 5.57. The van der Waals surface area contributed by atoms with Gasteiger partial charge in [0.1, 0.15) is 0 Å². The summed E-state index contributed by atoms with van der Waals surface area (Å²) in [5, 5.41) is 18.3. The number of halogens is 1. The Bertz CT molecular complexity index is 1190. The molecule has 0 aliphatic heterocycles. The van der Waals surface area contributed by atoms with Crippen LogP contribution in [0.15, 0.2) is 71.2 Å². The number of rotatable bonds is 7. The molecule has 1 heterocycles. The summed E-state index contributed by atoms with van der Waals surface area (Å²) < 4.78 is 6.60. The zero-order valence-electron chi connectivity index (χ0n) is 17.2. The van der Waals surface area contributed by atoms with E-state index in [9.17, 15) is 5.11 Å². The van der Waals surface area contributed by atoms with E-state index in [4.69, 9.17) is 4.74 Å². The SMILES string of the molecule is CNCC[C@@](O)(Cc1cc2cc(Br)ccc2nc1OC)c1cccc2ccccc12. The number of nitrogens with one attached hydrogen (secondary N) is 1. The van der Waals surface area contributed by atoms with Crippen LogP contribution in [0.1, 0.15) is 17.5 Å². The Morgan fingerprint density at radius 1 is 1.03 bits per heavy atom.